The quantitative estimate of drug-likeness (QED) is 0.322. The summed E-state index contributed by atoms with van der Waals surface area (Å²) in [6, 6.07) is 16.5. The van der Waals surface area contributed by atoms with E-state index in [2.05, 4.69) is 10.3 Å². The van der Waals surface area contributed by atoms with Gasteiger partial charge in [0.05, 0.1) is 4.92 Å². The highest BCUT2D eigenvalue weighted by molar-refractivity contribution is 6.04. The van der Waals surface area contributed by atoms with Crippen LogP contribution in [0.3, 0.4) is 0 Å². The molecule has 2 aromatic carbocycles. The molecule has 0 atom stereocenters. The largest absolute Gasteiger partial charge is 0.422 e. The summed E-state index contributed by atoms with van der Waals surface area (Å²) >= 11 is 0. The molecule has 1 N–H and O–H groups in total. The first-order valence-corrected chi connectivity index (χ1v) is 7.82. The van der Waals surface area contributed by atoms with Gasteiger partial charge in [-0.3, -0.25) is 14.9 Å². The molecule has 0 saturated heterocycles. The smallest absolute Gasteiger partial charge is 0.362 e. The van der Waals surface area contributed by atoms with E-state index in [0.29, 0.717) is 11.4 Å². The molecule has 0 spiro atoms. The SMILES string of the molecule is O=C(Nc1ccc(OC(=O)c2ccccn2)cc1)c1cccc([N+](=O)[O-])c1. The summed E-state index contributed by atoms with van der Waals surface area (Å²) < 4.78 is 5.20. The van der Waals surface area contributed by atoms with Crippen molar-refractivity contribution in [3.8, 4) is 5.75 Å². The lowest BCUT2D eigenvalue weighted by molar-refractivity contribution is -0.384. The molecule has 8 nitrogen and oxygen atoms in total. The van der Waals surface area contributed by atoms with E-state index in [1.165, 1.54) is 48.7 Å². The second-order valence-electron chi connectivity index (χ2n) is 5.39. The van der Waals surface area contributed by atoms with Gasteiger partial charge in [-0.05, 0) is 42.5 Å². The number of esters is 1. The van der Waals surface area contributed by atoms with Crippen molar-refractivity contribution in [3.05, 3.63) is 94.3 Å². The summed E-state index contributed by atoms with van der Waals surface area (Å²) in [6.07, 6.45) is 1.49. The van der Waals surface area contributed by atoms with Crippen molar-refractivity contribution in [1.82, 2.24) is 4.98 Å². The summed E-state index contributed by atoms with van der Waals surface area (Å²) in [5.74, 6) is -0.792. The number of carbonyl (C=O) groups is 2. The molecule has 3 aromatic rings. The van der Waals surface area contributed by atoms with Gasteiger partial charge in [0.2, 0.25) is 0 Å². The van der Waals surface area contributed by atoms with Crippen molar-refractivity contribution in [2.75, 3.05) is 5.32 Å². The lowest BCUT2D eigenvalue weighted by Gasteiger charge is -2.07. The van der Waals surface area contributed by atoms with E-state index < -0.39 is 16.8 Å². The molecular formula is C19H13N3O5. The maximum atomic E-state index is 12.2. The molecule has 0 bridgehead atoms. The molecule has 0 aliphatic heterocycles. The van der Waals surface area contributed by atoms with Gasteiger partial charge in [-0.15, -0.1) is 0 Å². The summed E-state index contributed by atoms with van der Waals surface area (Å²) in [5.41, 5.74) is 0.624. The van der Waals surface area contributed by atoms with Crippen molar-refractivity contribution in [1.29, 1.82) is 0 Å². The van der Waals surface area contributed by atoms with Crippen molar-refractivity contribution in [2.24, 2.45) is 0 Å². The van der Waals surface area contributed by atoms with Gasteiger partial charge in [0.1, 0.15) is 11.4 Å². The number of anilines is 1. The molecule has 1 aromatic heterocycles. The first-order chi connectivity index (χ1) is 13.0. The molecule has 8 heteroatoms. The summed E-state index contributed by atoms with van der Waals surface area (Å²) in [7, 11) is 0. The number of ether oxygens (including phenoxy) is 1. The lowest BCUT2D eigenvalue weighted by Crippen LogP contribution is -2.12. The van der Waals surface area contributed by atoms with E-state index in [1.807, 2.05) is 0 Å². The van der Waals surface area contributed by atoms with Crippen LogP contribution in [0.4, 0.5) is 11.4 Å². The monoisotopic (exact) mass is 363 g/mol. The topological polar surface area (TPSA) is 111 Å². The molecular weight excluding hydrogens is 350 g/mol. The van der Waals surface area contributed by atoms with E-state index in [9.17, 15) is 19.7 Å². The van der Waals surface area contributed by atoms with Gasteiger partial charge in [-0.25, -0.2) is 9.78 Å². The summed E-state index contributed by atoms with van der Waals surface area (Å²) in [6.45, 7) is 0. The number of amides is 1. The standard InChI is InChI=1S/C19H13N3O5/c23-18(13-4-3-5-15(12-13)22(25)26)21-14-7-9-16(10-8-14)27-19(24)17-6-1-2-11-20-17/h1-12H,(H,21,23). The number of benzene rings is 2. The summed E-state index contributed by atoms with van der Waals surface area (Å²) in [5, 5.41) is 13.4. The van der Waals surface area contributed by atoms with Crippen LogP contribution in [0, 0.1) is 10.1 Å². The second kappa shape index (κ2) is 7.87. The molecule has 1 heterocycles. The predicted octanol–water partition coefficient (Wildman–Crippen LogP) is 3.46. The fourth-order valence-corrected chi connectivity index (χ4v) is 2.21. The third-order valence-corrected chi connectivity index (χ3v) is 3.52. The highest BCUT2D eigenvalue weighted by atomic mass is 16.6. The van der Waals surface area contributed by atoms with Crippen molar-refractivity contribution < 1.29 is 19.2 Å². The molecule has 0 unspecified atom stereocenters. The van der Waals surface area contributed by atoms with E-state index in [0.717, 1.165) is 0 Å². The Bertz CT molecular complexity index is 988. The number of pyridine rings is 1. The van der Waals surface area contributed by atoms with Crippen molar-refractivity contribution in [3.63, 3.8) is 0 Å². The van der Waals surface area contributed by atoms with Crippen LogP contribution in [0.1, 0.15) is 20.8 Å². The minimum atomic E-state index is -0.594. The van der Waals surface area contributed by atoms with Crippen LogP contribution in [-0.4, -0.2) is 21.8 Å². The van der Waals surface area contributed by atoms with Gasteiger partial charge < -0.3 is 10.1 Å². The Hall–Kier alpha value is -4.07. The second-order valence-corrected chi connectivity index (χ2v) is 5.39. The van der Waals surface area contributed by atoms with E-state index >= 15 is 0 Å². The molecule has 134 valence electrons. The zero-order valence-electron chi connectivity index (χ0n) is 13.9. The van der Waals surface area contributed by atoms with Crippen LogP contribution in [0.2, 0.25) is 0 Å². The maximum absolute atomic E-state index is 12.2. The number of nitro benzene ring substituents is 1. The first-order valence-electron chi connectivity index (χ1n) is 7.82. The summed E-state index contributed by atoms with van der Waals surface area (Å²) in [4.78, 5) is 38.3. The predicted molar refractivity (Wildman–Crippen MR) is 96.7 cm³/mol. The van der Waals surface area contributed by atoms with Crippen molar-refractivity contribution >= 4 is 23.3 Å². The first kappa shape index (κ1) is 17.7. The molecule has 0 aliphatic carbocycles. The van der Waals surface area contributed by atoms with Crippen molar-refractivity contribution in [2.45, 2.75) is 0 Å². The average Bonchev–Trinajstić information content (AvgIpc) is 2.70. The zero-order chi connectivity index (χ0) is 19.2. The van der Waals surface area contributed by atoms with Gasteiger partial charge in [0, 0.05) is 29.6 Å². The highest BCUT2D eigenvalue weighted by Gasteiger charge is 2.12. The maximum Gasteiger partial charge on any atom is 0.362 e. The van der Waals surface area contributed by atoms with Gasteiger partial charge >= 0.3 is 5.97 Å². The van der Waals surface area contributed by atoms with Crippen LogP contribution in [0.15, 0.2) is 72.9 Å². The Labute approximate surface area is 153 Å². The van der Waals surface area contributed by atoms with Gasteiger partial charge in [-0.2, -0.15) is 0 Å². The Kier molecular flexibility index (Phi) is 5.17. The number of nitrogens with one attached hydrogen (secondary N) is 1. The van der Waals surface area contributed by atoms with Crippen LogP contribution in [0.25, 0.3) is 0 Å². The van der Waals surface area contributed by atoms with E-state index in [1.54, 1.807) is 24.3 Å². The number of nitrogens with zero attached hydrogens (tertiary/aromatic N) is 2. The molecule has 0 radical (unpaired) electrons. The average molecular weight is 363 g/mol. The number of hydrogen-bond acceptors (Lipinski definition) is 6. The molecule has 0 fully saturated rings. The number of carbonyl (C=O) groups excluding carboxylic acids is 2. The number of aromatic nitrogens is 1. The van der Waals surface area contributed by atoms with Crippen LogP contribution >= 0.6 is 0 Å². The fourth-order valence-electron chi connectivity index (χ4n) is 2.21. The zero-order valence-corrected chi connectivity index (χ0v) is 13.9. The van der Waals surface area contributed by atoms with Crippen LogP contribution in [0.5, 0.6) is 5.75 Å². The normalized spacial score (nSPS) is 10.1. The minimum absolute atomic E-state index is 0.162. The Morgan fingerprint density at radius 1 is 1.00 bits per heavy atom. The Morgan fingerprint density at radius 2 is 1.78 bits per heavy atom. The number of non-ortho nitro benzene ring substituents is 1. The fraction of sp³-hybridized carbons (Fsp3) is 0. The molecule has 1 amide bonds. The third kappa shape index (κ3) is 4.51. The van der Waals surface area contributed by atoms with Crippen LogP contribution < -0.4 is 10.1 Å². The van der Waals surface area contributed by atoms with E-state index in [-0.39, 0.29) is 16.9 Å². The third-order valence-electron chi connectivity index (χ3n) is 3.52. The van der Waals surface area contributed by atoms with Gasteiger partial charge in [0.25, 0.3) is 11.6 Å². The number of nitro groups is 1. The molecule has 0 saturated carbocycles. The van der Waals surface area contributed by atoms with Gasteiger partial charge in [-0.1, -0.05) is 12.1 Å². The Morgan fingerprint density at radius 3 is 2.44 bits per heavy atom. The molecule has 3 rings (SSSR count). The minimum Gasteiger partial charge on any atom is -0.422 e. The molecule has 27 heavy (non-hydrogen) atoms. The molecule has 0 aliphatic rings. The number of rotatable bonds is 5. The lowest BCUT2D eigenvalue weighted by atomic mass is 10.2. The van der Waals surface area contributed by atoms with Gasteiger partial charge in [0.15, 0.2) is 0 Å². The number of hydrogen-bond donors (Lipinski definition) is 1. The highest BCUT2D eigenvalue weighted by Crippen LogP contribution is 2.19. The Balaban J connectivity index is 1.65. The van der Waals surface area contributed by atoms with E-state index in [4.69, 9.17) is 4.74 Å². The van der Waals surface area contributed by atoms with Crippen LogP contribution in [-0.2, 0) is 0 Å².